The quantitative estimate of drug-likeness (QED) is 0.742. The van der Waals surface area contributed by atoms with Crippen LogP contribution in [0.3, 0.4) is 0 Å². The van der Waals surface area contributed by atoms with E-state index in [1.165, 1.54) is 0 Å². The number of pyridine rings is 1. The lowest BCUT2D eigenvalue weighted by atomic mass is 10.00. The predicted molar refractivity (Wildman–Crippen MR) is 64.3 cm³/mol. The number of aryl methyl sites for hydroxylation is 1. The van der Waals surface area contributed by atoms with Gasteiger partial charge in [0.2, 0.25) is 0 Å². The molecule has 82 valence electrons. The van der Waals surface area contributed by atoms with Crippen LogP contribution in [-0.4, -0.2) is 10.7 Å². The summed E-state index contributed by atoms with van der Waals surface area (Å²) in [6.45, 7) is 6.12. The normalized spacial score (nSPS) is 10.7. The van der Waals surface area contributed by atoms with Crippen LogP contribution < -0.4 is 5.73 Å². The Kier molecular flexibility index (Phi) is 3.83. The van der Waals surface area contributed by atoms with Crippen LogP contribution in [0.15, 0.2) is 12.3 Å². The van der Waals surface area contributed by atoms with Gasteiger partial charge in [-0.1, -0.05) is 13.8 Å². The maximum absolute atomic E-state index is 7.68. The molecule has 0 aliphatic rings. The largest absolute Gasteiger partial charge is 0.398 e. The van der Waals surface area contributed by atoms with Crippen LogP contribution in [0.4, 0.5) is 5.69 Å². The summed E-state index contributed by atoms with van der Waals surface area (Å²) in [6.07, 6.45) is 3.70. The van der Waals surface area contributed by atoms with Gasteiger partial charge >= 0.3 is 0 Å². The van der Waals surface area contributed by atoms with E-state index >= 15 is 0 Å². The van der Waals surface area contributed by atoms with E-state index in [2.05, 4.69) is 18.8 Å². The van der Waals surface area contributed by atoms with Crippen molar-refractivity contribution in [2.24, 2.45) is 5.92 Å². The summed E-state index contributed by atoms with van der Waals surface area (Å²) in [5, 5.41) is 7.68. The van der Waals surface area contributed by atoms with Crippen LogP contribution >= 0.6 is 0 Å². The number of nitrogens with zero attached hydrogens (tertiary/aromatic N) is 1. The minimum atomic E-state index is 0.499. The van der Waals surface area contributed by atoms with Gasteiger partial charge in [0.05, 0.1) is 5.69 Å². The molecule has 0 atom stereocenters. The lowest BCUT2D eigenvalue weighted by molar-refractivity contribution is 0.581. The highest BCUT2D eigenvalue weighted by Gasteiger charge is 2.09. The Balaban J connectivity index is 2.96. The molecule has 15 heavy (non-hydrogen) atoms. The fourth-order valence-electron chi connectivity index (χ4n) is 1.57. The van der Waals surface area contributed by atoms with Crippen LogP contribution in [0.1, 0.15) is 38.4 Å². The van der Waals surface area contributed by atoms with Gasteiger partial charge in [0.1, 0.15) is 0 Å². The molecule has 3 N–H and O–H groups in total. The molecule has 0 saturated carbocycles. The Morgan fingerprint density at radius 3 is 2.73 bits per heavy atom. The summed E-state index contributed by atoms with van der Waals surface area (Å²) in [6, 6.07) is 1.76. The molecule has 0 fully saturated rings. The smallest absolute Gasteiger partial charge is 0.0514 e. The maximum atomic E-state index is 7.68. The third kappa shape index (κ3) is 3.05. The molecule has 0 bridgehead atoms. The zero-order valence-electron chi connectivity index (χ0n) is 9.67. The van der Waals surface area contributed by atoms with Crippen molar-refractivity contribution in [3.05, 3.63) is 23.5 Å². The van der Waals surface area contributed by atoms with Crippen LogP contribution in [0.5, 0.6) is 0 Å². The van der Waals surface area contributed by atoms with Crippen molar-refractivity contribution in [3.63, 3.8) is 0 Å². The van der Waals surface area contributed by atoms with Gasteiger partial charge in [-0.2, -0.15) is 0 Å². The summed E-state index contributed by atoms with van der Waals surface area (Å²) >= 11 is 0. The van der Waals surface area contributed by atoms with E-state index in [9.17, 15) is 0 Å². The number of rotatable bonds is 4. The number of hydrogen-bond acceptors (Lipinski definition) is 3. The fraction of sp³-hybridized carbons (Fsp3) is 0.500. The number of hydrogen-bond donors (Lipinski definition) is 2. The van der Waals surface area contributed by atoms with Crippen molar-refractivity contribution in [2.75, 3.05) is 5.73 Å². The van der Waals surface area contributed by atoms with E-state index in [1.807, 2.05) is 0 Å². The number of nitrogens with one attached hydrogen (secondary N) is 1. The van der Waals surface area contributed by atoms with Crippen molar-refractivity contribution in [3.8, 4) is 0 Å². The summed E-state index contributed by atoms with van der Waals surface area (Å²) < 4.78 is 0. The third-order valence-corrected chi connectivity index (χ3v) is 2.40. The second-order valence-corrected chi connectivity index (χ2v) is 4.28. The van der Waals surface area contributed by atoms with Gasteiger partial charge in [0, 0.05) is 23.2 Å². The molecule has 0 aliphatic heterocycles. The van der Waals surface area contributed by atoms with Gasteiger partial charge in [0.25, 0.3) is 0 Å². The van der Waals surface area contributed by atoms with E-state index in [1.54, 1.807) is 19.2 Å². The average molecular weight is 205 g/mol. The second-order valence-electron chi connectivity index (χ2n) is 4.28. The molecule has 0 spiro atoms. The fourth-order valence-corrected chi connectivity index (χ4v) is 1.57. The van der Waals surface area contributed by atoms with E-state index in [0.717, 1.165) is 24.1 Å². The van der Waals surface area contributed by atoms with Gasteiger partial charge in [-0.05, 0) is 31.7 Å². The Labute approximate surface area is 91.2 Å². The average Bonchev–Trinajstić information content (AvgIpc) is 2.13. The SMILES string of the molecule is CC(=N)c1c(N)ccnc1CCC(C)C. The summed E-state index contributed by atoms with van der Waals surface area (Å²) in [7, 11) is 0. The number of anilines is 1. The van der Waals surface area contributed by atoms with E-state index in [4.69, 9.17) is 11.1 Å². The third-order valence-electron chi connectivity index (χ3n) is 2.40. The topological polar surface area (TPSA) is 62.8 Å². The Morgan fingerprint density at radius 2 is 2.20 bits per heavy atom. The summed E-state index contributed by atoms with van der Waals surface area (Å²) in [5.41, 5.74) is 8.78. The Hall–Kier alpha value is -1.38. The molecule has 1 heterocycles. The first-order valence-electron chi connectivity index (χ1n) is 5.31. The minimum absolute atomic E-state index is 0.499. The van der Waals surface area contributed by atoms with Gasteiger partial charge in [-0.15, -0.1) is 0 Å². The molecule has 0 aliphatic carbocycles. The molecule has 3 heteroatoms. The van der Waals surface area contributed by atoms with Crippen molar-refractivity contribution >= 4 is 11.4 Å². The number of nitrogen functional groups attached to an aromatic ring is 1. The molecule has 0 unspecified atom stereocenters. The summed E-state index contributed by atoms with van der Waals surface area (Å²) in [4.78, 5) is 4.31. The lowest BCUT2D eigenvalue weighted by Gasteiger charge is -2.11. The Bertz CT molecular complexity index is 356. The number of nitrogens with two attached hydrogens (primary N) is 1. The molecule has 0 amide bonds. The van der Waals surface area contributed by atoms with Crippen LogP contribution in [0, 0.1) is 11.3 Å². The highest BCUT2D eigenvalue weighted by atomic mass is 14.7. The van der Waals surface area contributed by atoms with Gasteiger partial charge in [-0.3, -0.25) is 4.98 Å². The standard InChI is InChI=1S/C12H19N3/c1-8(2)4-5-11-12(9(3)13)10(14)6-7-15-11/h6-8,13H,4-5H2,1-3H3,(H2,14,15). The second kappa shape index (κ2) is 4.91. The minimum Gasteiger partial charge on any atom is -0.398 e. The molecular formula is C12H19N3. The van der Waals surface area contributed by atoms with Crippen LogP contribution in [-0.2, 0) is 6.42 Å². The predicted octanol–water partition coefficient (Wildman–Crippen LogP) is 2.64. The van der Waals surface area contributed by atoms with E-state index in [0.29, 0.717) is 17.3 Å². The lowest BCUT2D eigenvalue weighted by Crippen LogP contribution is -2.08. The molecule has 0 saturated heterocycles. The molecule has 3 nitrogen and oxygen atoms in total. The van der Waals surface area contributed by atoms with E-state index < -0.39 is 0 Å². The maximum Gasteiger partial charge on any atom is 0.0514 e. The van der Waals surface area contributed by atoms with Gasteiger partial charge in [0.15, 0.2) is 0 Å². The first-order chi connectivity index (χ1) is 7.02. The highest BCUT2D eigenvalue weighted by Crippen LogP contribution is 2.18. The zero-order valence-corrected chi connectivity index (χ0v) is 9.67. The summed E-state index contributed by atoms with van der Waals surface area (Å²) in [5.74, 6) is 0.645. The van der Waals surface area contributed by atoms with Crippen molar-refractivity contribution in [1.82, 2.24) is 4.98 Å². The zero-order chi connectivity index (χ0) is 11.4. The van der Waals surface area contributed by atoms with Gasteiger partial charge < -0.3 is 11.1 Å². The molecule has 0 aromatic carbocycles. The first-order valence-corrected chi connectivity index (χ1v) is 5.31. The molecular weight excluding hydrogens is 186 g/mol. The molecule has 0 radical (unpaired) electrons. The monoisotopic (exact) mass is 205 g/mol. The molecule has 1 rings (SSSR count). The highest BCUT2D eigenvalue weighted by molar-refractivity contribution is 6.01. The van der Waals surface area contributed by atoms with Crippen molar-refractivity contribution in [1.29, 1.82) is 5.41 Å². The Morgan fingerprint density at radius 1 is 1.53 bits per heavy atom. The van der Waals surface area contributed by atoms with E-state index in [-0.39, 0.29) is 0 Å². The van der Waals surface area contributed by atoms with Crippen LogP contribution in [0.2, 0.25) is 0 Å². The van der Waals surface area contributed by atoms with Gasteiger partial charge in [-0.25, -0.2) is 0 Å². The first kappa shape index (κ1) is 11.7. The molecule has 1 aromatic heterocycles. The van der Waals surface area contributed by atoms with Crippen LogP contribution in [0.25, 0.3) is 0 Å². The van der Waals surface area contributed by atoms with Crippen molar-refractivity contribution in [2.45, 2.75) is 33.6 Å². The van der Waals surface area contributed by atoms with Crippen molar-refractivity contribution < 1.29 is 0 Å². The number of aromatic nitrogens is 1. The molecule has 1 aromatic rings.